The summed E-state index contributed by atoms with van der Waals surface area (Å²) in [4.78, 5) is 28.5. The third-order valence-corrected chi connectivity index (χ3v) is 5.66. The molecule has 138 valence electrons. The largest absolute Gasteiger partial charge is 0.282 e. The third-order valence-electron chi connectivity index (χ3n) is 3.92. The molecule has 1 aliphatic heterocycles. The second-order valence-electron chi connectivity index (χ2n) is 5.85. The van der Waals surface area contributed by atoms with Crippen molar-refractivity contribution in [2.75, 3.05) is 6.54 Å². The van der Waals surface area contributed by atoms with Gasteiger partial charge in [0.25, 0.3) is 5.91 Å². The van der Waals surface area contributed by atoms with Gasteiger partial charge in [-0.05, 0) is 30.0 Å². The van der Waals surface area contributed by atoms with E-state index in [0.29, 0.717) is 21.7 Å². The zero-order chi connectivity index (χ0) is 19.3. The molecule has 0 unspecified atom stereocenters. The minimum atomic E-state index is -0.103. The third kappa shape index (κ3) is 3.95. The number of pyridine rings is 1. The van der Waals surface area contributed by atoms with Crippen LogP contribution in [-0.2, 0) is 4.79 Å². The zero-order valence-corrected chi connectivity index (χ0v) is 16.5. The van der Waals surface area contributed by atoms with E-state index in [1.165, 1.54) is 23.1 Å². The second-order valence-corrected chi connectivity index (χ2v) is 7.69. The van der Waals surface area contributed by atoms with Crippen LogP contribution in [0.1, 0.15) is 5.69 Å². The molecule has 0 spiro atoms. The first-order valence-corrected chi connectivity index (χ1v) is 10.3. The molecule has 7 heteroatoms. The summed E-state index contributed by atoms with van der Waals surface area (Å²) in [6.07, 6.45) is 5.17. The van der Waals surface area contributed by atoms with Crippen molar-refractivity contribution in [3.8, 4) is 11.3 Å². The van der Waals surface area contributed by atoms with Crippen LogP contribution in [0.4, 0.5) is 5.13 Å². The molecule has 1 saturated heterocycles. The van der Waals surface area contributed by atoms with E-state index in [-0.39, 0.29) is 5.91 Å². The molecule has 0 bridgehead atoms. The number of amidine groups is 1. The Labute approximate surface area is 171 Å². The molecule has 0 atom stereocenters. The first-order chi connectivity index (χ1) is 13.7. The van der Waals surface area contributed by atoms with Crippen molar-refractivity contribution in [3.63, 3.8) is 0 Å². The lowest BCUT2D eigenvalue weighted by atomic mass is 10.2. The van der Waals surface area contributed by atoms with Crippen molar-refractivity contribution in [3.05, 3.63) is 83.4 Å². The molecule has 1 fully saturated rings. The van der Waals surface area contributed by atoms with E-state index in [0.717, 1.165) is 17.0 Å². The number of aromatic nitrogens is 2. The standard InChI is InChI=1S/C21H16N4OS2/c1-2-12-25-19(26)18(13-16-10-6-7-11-22-16)28-21(25)24-20-23-17(14-27-20)15-8-4-3-5-9-15/h2-11,13-14H,1,12H2/b18-13-,24-21+. The van der Waals surface area contributed by atoms with Crippen LogP contribution in [0.3, 0.4) is 0 Å². The number of hydrogen-bond donors (Lipinski definition) is 0. The minimum absolute atomic E-state index is 0.103. The summed E-state index contributed by atoms with van der Waals surface area (Å²) < 4.78 is 0. The number of thiazole rings is 1. The first kappa shape index (κ1) is 18.3. The molecular weight excluding hydrogens is 388 g/mol. The predicted octanol–water partition coefficient (Wildman–Crippen LogP) is 5.00. The topological polar surface area (TPSA) is 58.5 Å². The fourth-order valence-electron chi connectivity index (χ4n) is 2.62. The van der Waals surface area contributed by atoms with E-state index in [1.807, 2.05) is 53.9 Å². The number of carbonyl (C=O) groups excluding carboxylic acids is 1. The van der Waals surface area contributed by atoms with Gasteiger partial charge in [-0.25, -0.2) is 4.98 Å². The highest BCUT2D eigenvalue weighted by atomic mass is 32.2. The number of nitrogens with zero attached hydrogens (tertiary/aromatic N) is 4. The van der Waals surface area contributed by atoms with Gasteiger partial charge in [0, 0.05) is 23.7 Å². The number of thioether (sulfide) groups is 1. The maximum atomic E-state index is 12.8. The van der Waals surface area contributed by atoms with Crippen molar-refractivity contribution in [1.29, 1.82) is 0 Å². The summed E-state index contributed by atoms with van der Waals surface area (Å²) in [5, 5.41) is 3.18. The zero-order valence-electron chi connectivity index (χ0n) is 14.9. The second kappa shape index (κ2) is 8.33. The van der Waals surface area contributed by atoms with E-state index in [9.17, 15) is 4.79 Å². The highest BCUT2D eigenvalue weighted by Crippen LogP contribution is 2.35. The Hall–Kier alpha value is -3.03. The quantitative estimate of drug-likeness (QED) is 0.444. The average molecular weight is 405 g/mol. The maximum Gasteiger partial charge on any atom is 0.267 e. The summed E-state index contributed by atoms with van der Waals surface area (Å²) >= 11 is 2.78. The Kier molecular flexibility index (Phi) is 5.45. The van der Waals surface area contributed by atoms with Crippen LogP contribution in [0, 0.1) is 0 Å². The average Bonchev–Trinajstić information content (AvgIpc) is 3.31. The van der Waals surface area contributed by atoms with Gasteiger partial charge in [-0.1, -0.05) is 42.5 Å². The van der Waals surface area contributed by atoms with E-state index in [4.69, 9.17) is 0 Å². The van der Waals surface area contributed by atoms with Gasteiger partial charge in [-0.15, -0.1) is 17.9 Å². The Morgan fingerprint density at radius 3 is 2.71 bits per heavy atom. The van der Waals surface area contributed by atoms with Crippen molar-refractivity contribution in [2.24, 2.45) is 4.99 Å². The number of benzene rings is 1. The number of amides is 1. The highest BCUT2D eigenvalue weighted by molar-refractivity contribution is 8.18. The summed E-state index contributed by atoms with van der Waals surface area (Å²) in [5.74, 6) is -0.103. The monoisotopic (exact) mass is 404 g/mol. The molecule has 0 N–H and O–H groups in total. The van der Waals surface area contributed by atoms with E-state index in [2.05, 4.69) is 21.5 Å². The lowest BCUT2D eigenvalue weighted by molar-refractivity contribution is -0.121. The summed E-state index contributed by atoms with van der Waals surface area (Å²) in [5.41, 5.74) is 2.65. The van der Waals surface area contributed by atoms with E-state index in [1.54, 1.807) is 23.2 Å². The molecule has 1 amide bonds. The molecule has 1 aliphatic rings. The van der Waals surface area contributed by atoms with Crippen molar-refractivity contribution < 1.29 is 4.79 Å². The first-order valence-electron chi connectivity index (χ1n) is 8.57. The van der Waals surface area contributed by atoms with E-state index < -0.39 is 0 Å². The fraction of sp³-hybridized carbons (Fsp3) is 0.0476. The van der Waals surface area contributed by atoms with Crippen molar-refractivity contribution in [1.82, 2.24) is 14.9 Å². The SMILES string of the molecule is C=CCN1C(=O)/C(=C/c2ccccn2)S/C1=N/c1nc(-c2ccccc2)cs1. The van der Waals surface area contributed by atoms with Crippen LogP contribution < -0.4 is 0 Å². The van der Waals surface area contributed by atoms with Gasteiger partial charge in [0.15, 0.2) is 5.17 Å². The molecule has 1 aromatic carbocycles. The number of carbonyl (C=O) groups is 1. The Morgan fingerprint density at radius 2 is 1.96 bits per heavy atom. The van der Waals surface area contributed by atoms with Crippen molar-refractivity contribution >= 4 is 45.4 Å². The number of rotatable bonds is 5. The van der Waals surface area contributed by atoms with Gasteiger partial charge < -0.3 is 0 Å². The molecule has 0 saturated carbocycles. The van der Waals surface area contributed by atoms with Crippen LogP contribution in [0.15, 0.2) is 82.7 Å². The predicted molar refractivity (Wildman–Crippen MR) is 116 cm³/mol. The van der Waals surface area contributed by atoms with Gasteiger partial charge in [-0.3, -0.25) is 14.7 Å². The lowest BCUT2D eigenvalue weighted by Crippen LogP contribution is -2.29. The fourth-order valence-corrected chi connectivity index (χ4v) is 4.34. The summed E-state index contributed by atoms with van der Waals surface area (Å²) in [6, 6.07) is 15.5. The highest BCUT2D eigenvalue weighted by Gasteiger charge is 2.33. The van der Waals surface area contributed by atoms with Crippen molar-refractivity contribution in [2.45, 2.75) is 0 Å². The number of hydrogen-bond acceptors (Lipinski definition) is 6. The maximum absolute atomic E-state index is 12.8. The minimum Gasteiger partial charge on any atom is -0.282 e. The molecule has 3 heterocycles. The van der Waals surface area contributed by atoms with Crippen LogP contribution in [0.2, 0.25) is 0 Å². The Balaban J connectivity index is 1.64. The summed E-state index contributed by atoms with van der Waals surface area (Å²) in [7, 11) is 0. The van der Waals surface area contributed by atoms with Gasteiger partial charge in [0.2, 0.25) is 5.13 Å². The molecular formula is C21H16N4OS2. The Bertz CT molecular complexity index is 1060. The molecule has 0 aliphatic carbocycles. The molecule has 2 aromatic heterocycles. The van der Waals surface area contributed by atoms with Crippen LogP contribution in [0.5, 0.6) is 0 Å². The molecule has 3 aromatic rings. The molecule has 0 radical (unpaired) electrons. The number of aliphatic imine (C=N–C) groups is 1. The lowest BCUT2D eigenvalue weighted by Gasteiger charge is -2.11. The molecule has 28 heavy (non-hydrogen) atoms. The van der Waals surface area contributed by atoms with Gasteiger partial charge in [0.05, 0.1) is 16.3 Å². The van der Waals surface area contributed by atoms with Gasteiger partial charge >= 0.3 is 0 Å². The Morgan fingerprint density at radius 1 is 1.14 bits per heavy atom. The van der Waals surface area contributed by atoms with Gasteiger partial charge in [-0.2, -0.15) is 4.99 Å². The normalized spacial score (nSPS) is 16.9. The van der Waals surface area contributed by atoms with Crippen LogP contribution >= 0.6 is 23.1 Å². The van der Waals surface area contributed by atoms with Gasteiger partial charge in [0.1, 0.15) is 0 Å². The van der Waals surface area contributed by atoms with Crippen LogP contribution in [0.25, 0.3) is 17.3 Å². The molecule has 4 rings (SSSR count). The van der Waals surface area contributed by atoms with E-state index >= 15 is 0 Å². The van der Waals surface area contributed by atoms with Crippen LogP contribution in [-0.4, -0.2) is 32.5 Å². The molecule has 5 nitrogen and oxygen atoms in total. The summed E-state index contributed by atoms with van der Waals surface area (Å²) in [6.45, 7) is 4.14. The smallest absolute Gasteiger partial charge is 0.267 e.